The monoisotopic (exact) mass is 263 g/mol. The highest BCUT2D eigenvalue weighted by Crippen LogP contribution is 2.58. The number of azide groups is 1. The Hall–Kier alpha value is -1.26. The highest BCUT2D eigenvalue weighted by molar-refractivity contribution is 5.86. The fourth-order valence-corrected chi connectivity index (χ4v) is 5.06. The van der Waals surface area contributed by atoms with Crippen LogP contribution in [0.4, 0.5) is 0 Å². The van der Waals surface area contributed by atoms with Crippen molar-refractivity contribution in [2.45, 2.75) is 37.6 Å². The first-order valence-corrected chi connectivity index (χ1v) is 7.22. The van der Waals surface area contributed by atoms with Crippen molar-refractivity contribution in [2.75, 3.05) is 13.1 Å². The molecule has 0 atom stereocenters. The number of nitrogens with two attached hydrogens (primary N) is 1. The Morgan fingerprint density at radius 1 is 1.26 bits per heavy atom. The summed E-state index contributed by atoms with van der Waals surface area (Å²) in [6, 6.07) is 0. The van der Waals surface area contributed by atoms with Crippen molar-refractivity contribution >= 4 is 5.91 Å². The van der Waals surface area contributed by atoms with Crippen molar-refractivity contribution < 1.29 is 4.79 Å². The van der Waals surface area contributed by atoms with Crippen molar-refractivity contribution in [1.29, 1.82) is 0 Å². The zero-order valence-corrected chi connectivity index (χ0v) is 11.1. The highest BCUT2D eigenvalue weighted by Gasteiger charge is 2.59. The fourth-order valence-electron chi connectivity index (χ4n) is 5.06. The molecule has 0 spiro atoms. The van der Waals surface area contributed by atoms with Gasteiger partial charge in [0.15, 0.2) is 0 Å². The quantitative estimate of drug-likeness (QED) is 0.340. The van der Waals surface area contributed by atoms with E-state index in [1.54, 1.807) is 0 Å². The number of nitrogens with zero attached hydrogens (tertiary/aromatic N) is 3. The lowest BCUT2D eigenvalue weighted by Gasteiger charge is -2.60. The summed E-state index contributed by atoms with van der Waals surface area (Å²) in [6.07, 6.45) is 5.87. The van der Waals surface area contributed by atoms with Crippen LogP contribution in [-0.2, 0) is 4.79 Å². The number of carbonyl (C=O) groups excluding carboxylic acids is 1. The van der Waals surface area contributed by atoms with E-state index in [1.807, 2.05) is 0 Å². The number of nitrogens with one attached hydrogen (secondary N) is 1. The van der Waals surface area contributed by atoms with E-state index in [1.165, 1.54) is 6.42 Å². The molecule has 0 saturated heterocycles. The third-order valence-corrected chi connectivity index (χ3v) is 5.53. The van der Waals surface area contributed by atoms with Crippen molar-refractivity contribution in [1.82, 2.24) is 5.32 Å². The molecule has 1 amide bonds. The van der Waals surface area contributed by atoms with Crippen LogP contribution in [0.3, 0.4) is 0 Å². The van der Waals surface area contributed by atoms with Gasteiger partial charge in [0.2, 0.25) is 5.91 Å². The zero-order valence-electron chi connectivity index (χ0n) is 11.1. The molecule has 6 heteroatoms. The fraction of sp³-hybridized carbons (Fsp3) is 0.923. The maximum atomic E-state index is 12.1. The normalized spacial score (nSPS) is 42.9. The molecule has 0 aromatic heterocycles. The lowest BCUT2D eigenvalue weighted by Crippen LogP contribution is -2.71. The number of amides is 1. The van der Waals surface area contributed by atoms with Crippen LogP contribution in [0.5, 0.6) is 0 Å². The predicted octanol–water partition coefficient (Wildman–Crippen LogP) is 1.57. The largest absolute Gasteiger partial charge is 0.368 e. The van der Waals surface area contributed by atoms with Crippen LogP contribution in [0.2, 0.25) is 0 Å². The third kappa shape index (κ3) is 1.90. The van der Waals surface area contributed by atoms with Crippen molar-refractivity contribution in [3.63, 3.8) is 0 Å². The first kappa shape index (κ1) is 12.8. The van der Waals surface area contributed by atoms with Gasteiger partial charge in [-0.25, -0.2) is 0 Å². The molecular weight excluding hydrogens is 242 g/mol. The van der Waals surface area contributed by atoms with Gasteiger partial charge in [0.05, 0.1) is 0 Å². The Labute approximate surface area is 112 Å². The van der Waals surface area contributed by atoms with E-state index in [2.05, 4.69) is 15.3 Å². The van der Waals surface area contributed by atoms with Crippen LogP contribution < -0.4 is 11.1 Å². The molecular formula is C13H21N5O. The molecule has 0 radical (unpaired) electrons. The molecule has 0 unspecified atom stereocenters. The van der Waals surface area contributed by atoms with Crippen LogP contribution in [0.15, 0.2) is 5.11 Å². The van der Waals surface area contributed by atoms with Gasteiger partial charge in [-0.05, 0) is 61.3 Å². The second-order valence-corrected chi connectivity index (χ2v) is 6.42. The van der Waals surface area contributed by atoms with Gasteiger partial charge in [0.1, 0.15) is 5.54 Å². The Kier molecular flexibility index (Phi) is 3.15. The molecule has 4 fully saturated rings. The van der Waals surface area contributed by atoms with Crippen LogP contribution in [0, 0.1) is 23.7 Å². The predicted molar refractivity (Wildman–Crippen MR) is 71.0 cm³/mol. The maximum Gasteiger partial charge on any atom is 0.238 e. The van der Waals surface area contributed by atoms with Gasteiger partial charge in [0, 0.05) is 18.0 Å². The van der Waals surface area contributed by atoms with Crippen molar-refractivity contribution in [3.8, 4) is 0 Å². The van der Waals surface area contributed by atoms with Gasteiger partial charge in [0.25, 0.3) is 0 Å². The Balaban J connectivity index is 1.80. The first-order chi connectivity index (χ1) is 9.16. The van der Waals surface area contributed by atoms with E-state index in [0.29, 0.717) is 24.9 Å². The number of rotatable bonds is 5. The summed E-state index contributed by atoms with van der Waals surface area (Å²) in [5.74, 6) is 2.16. The summed E-state index contributed by atoms with van der Waals surface area (Å²) in [5.41, 5.74) is 13.5. The van der Waals surface area contributed by atoms with E-state index in [0.717, 1.165) is 37.5 Å². The summed E-state index contributed by atoms with van der Waals surface area (Å²) in [4.78, 5) is 14.9. The van der Waals surface area contributed by atoms with Gasteiger partial charge in [-0.1, -0.05) is 5.11 Å². The Bertz CT molecular complexity index is 401. The van der Waals surface area contributed by atoms with Crippen LogP contribution >= 0.6 is 0 Å². The first-order valence-electron chi connectivity index (χ1n) is 7.22. The topological polar surface area (TPSA) is 104 Å². The minimum atomic E-state index is -0.543. The molecule has 19 heavy (non-hydrogen) atoms. The van der Waals surface area contributed by atoms with Crippen LogP contribution in [-0.4, -0.2) is 24.5 Å². The van der Waals surface area contributed by atoms with Gasteiger partial charge in [-0.2, -0.15) is 0 Å². The molecule has 4 rings (SSSR count). The van der Waals surface area contributed by atoms with E-state index < -0.39 is 5.54 Å². The summed E-state index contributed by atoms with van der Waals surface area (Å²) >= 11 is 0. The van der Waals surface area contributed by atoms with E-state index in [-0.39, 0.29) is 5.91 Å². The smallest absolute Gasteiger partial charge is 0.238 e. The van der Waals surface area contributed by atoms with E-state index >= 15 is 0 Å². The summed E-state index contributed by atoms with van der Waals surface area (Å²) in [5, 5.41) is 6.90. The summed E-state index contributed by atoms with van der Waals surface area (Å²) in [7, 11) is 0. The standard InChI is InChI=1S/C13H21N5O/c14-12(19)13(16-1-2-17-18-15)10-4-8-3-9(6-10)7-11(13)5-8/h8-11,16H,1-7H2,(H2,14,19). The number of hydrogen-bond acceptors (Lipinski definition) is 3. The van der Waals surface area contributed by atoms with Crippen molar-refractivity contribution in [3.05, 3.63) is 10.4 Å². The minimum absolute atomic E-state index is 0.206. The number of hydrogen-bond donors (Lipinski definition) is 2. The SMILES string of the molecule is [N-]=[N+]=NCCNC1(C(N)=O)C2CC3CC(C2)CC1C3. The molecule has 0 aliphatic heterocycles. The molecule has 4 bridgehead atoms. The van der Waals surface area contributed by atoms with Gasteiger partial charge >= 0.3 is 0 Å². The molecule has 0 aromatic carbocycles. The van der Waals surface area contributed by atoms with Crippen LogP contribution in [0.1, 0.15) is 32.1 Å². The van der Waals surface area contributed by atoms with Crippen LogP contribution in [0.25, 0.3) is 10.4 Å². The lowest BCUT2D eigenvalue weighted by molar-refractivity contribution is -0.143. The molecule has 6 nitrogen and oxygen atoms in total. The number of carbonyl (C=O) groups is 1. The molecule has 0 aromatic rings. The highest BCUT2D eigenvalue weighted by atomic mass is 16.1. The van der Waals surface area contributed by atoms with E-state index in [9.17, 15) is 4.79 Å². The average molecular weight is 263 g/mol. The molecule has 0 heterocycles. The second-order valence-electron chi connectivity index (χ2n) is 6.42. The van der Waals surface area contributed by atoms with Gasteiger partial charge in [-0.3, -0.25) is 4.79 Å². The average Bonchev–Trinajstić information content (AvgIpc) is 2.36. The Morgan fingerprint density at radius 3 is 2.32 bits per heavy atom. The second kappa shape index (κ2) is 4.69. The molecule has 4 aliphatic carbocycles. The lowest BCUT2D eigenvalue weighted by atomic mass is 9.48. The van der Waals surface area contributed by atoms with E-state index in [4.69, 9.17) is 11.3 Å². The maximum absolute atomic E-state index is 12.1. The third-order valence-electron chi connectivity index (χ3n) is 5.53. The minimum Gasteiger partial charge on any atom is -0.368 e. The summed E-state index contributed by atoms with van der Waals surface area (Å²) in [6.45, 7) is 0.910. The number of primary amides is 1. The summed E-state index contributed by atoms with van der Waals surface area (Å²) < 4.78 is 0. The molecule has 4 saturated carbocycles. The molecule has 4 aliphatic rings. The molecule has 104 valence electrons. The molecule has 3 N–H and O–H groups in total. The van der Waals surface area contributed by atoms with Gasteiger partial charge < -0.3 is 11.1 Å². The van der Waals surface area contributed by atoms with Gasteiger partial charge in [-0.15, -0.1) is 0 Å². The zero-order chi connectivity index (χ0) is 13.5. The van der Waals surface area contributed by atoms with Crippen molar-refractivity contribution in [2.24, 2.45) is 34.5 Å². The Morgan fingerprint density at radius 2 is 1.84 bits per heavy atom.